The highest BCUT2D eigenvalue weighted by atomic mass is 32.2. The second kappa shape index (κ2) is 8.84. The van der Waals surface area contributed by atoms with Crippen LogP contribution in [0.25, 0.3) is 0 Å². The monoisotopic (exact) mass is 366 g/mol. The molecule has 138 valence electrons. The molecule has 7 nitrogen and oxygen atoms in total. The molecule has 2 aromatic rings. The van der Waals surface area contributed by atoms with E-state index in [1.807, 2.05) is 18.4 Å². The van der Waals surface area contributed by atoms with Crippen LogP contribution in [0.1, 0.15) is 30.2 Å². The Kier molecular flexibility index (Phi) is 6.52. The Morgan fingerprint density at radius 2 is 2.16 bits per heavy atom. The van der Waals surface area contributed by atoms with Gasteiger partial charge in [0.1, 0.15) is 24.0 Å². The summed E-state index contributed by atoms with van der Waals surface area (Å²) in [6.45, 7) is 3.60. The molecule has 1 aliphatic rings. The number of furan rings is 1. The van der Waals surface area contributed by atoms with Crippen molar-refractivity contribution >= 4 is 11.8 Å². The van der Waals surface area contributed by atoms with E-state index in [4.69, 9.17) is 13.9 Å². The van der Waals surface area contributed by atoms with Crippen LogP contribution in [0.2, 0.25) is 0 Å². The Labute approximate surface area is 152 Å². The van der Waals surface area contributed by atoms with Gasteiger partial charge in [-0.15, -0.1) is 10.2 Å². The van der Waals surface area contributed by atoms with Crippen LogP contribution >= 0.6 is 11.8 Å². The van der Waals surface area contributed by atoms with Crippen molar-refractivity contribution in [2.75, 3.05) is 27.0 Å². The van der Waals surface area contributed by atoms with Crippen molar-refractivity contribution in [1.82, 2.24) is 19.7 Å². The molecule has 0 radical (unpaired) electrons. The third-order valence-corrected chi connectivity index (χ3v) is 4.89. The summed E-state index contributed by atoms with van der Waals surface area (Å²) in [7, 11) is 3.72. The predicted molar refractivity (Wildman–Crippen MR) is 95.4 cm³/mol. The van der Waals surface area contributed by atoms with Gasteiger partial charge in [-0.25, -0.2) is 0 Å². The van der Waals surface area contributed by atoms with Crippen molar-refractivity contribution < 1.29 is 13.9 Å². The fourth-order valence-electron chi connectivity index (χ4n) is 3.05. The molecule has 1 aliphatic heterocycles. The summed E-state index contributed by atoms with van der Waals surface area (Å²) in [5.41, 5.74) is 0. The van der Waals surface area contributed by atoms with E-state index >= 15 is 0 Å². The molecular formula is C17H26N4O3S. The minimum Gasteiger partial charge on any atom is -0.462 e. The van der Waals surface area contributed by atoms with Crippen molar-refractivity contribution in [2.45, 2.75) is 50.3 Å². The average Bonchev–Trinajstić information content (AvgIpc) is 3.32. The summed E-state index contributed by atoms with van der Waals surface area (Å²) >= 11 is 1.62. The third kappa shape index (κ3) is 4.84. The van der Waals surface area contributed by atoms with Gasteiger partial charge in [0.05, 0.1) is 25.7 Å². The van der Waals surface area contributed by atoms with E-state index in [1.54, 1.807) is 18.9 Å². The molecule has 0 aromatic carbocycles. The van der Waals surface area contributed by atoms with Gasteiger partial charge in [0, 0.05) is 13.7 Å². The number of ether oxygens (including phenoxy) is 2. The van der Waals surface area contributed by atoms with Crippen molar-refractivity contribution in [1.29, 1.82) is 0 Å². The summed E-state index contributed by atoms with van der Waals surface area (Å²) in [5, 5.41) is 9.65. The number of aromatic nitrogens is 3. The Bertz CT molecular complexity index is 667. The molecule has 3 rings (SSSR count). The van der Waals surface area contributed by atoms with Gasteiger partial charge < -0.3 is 18.5 Å². The fourth-order valence-corrected chi connectivity index (χ4v) is 3.58. The summed E-state index contributed by atoms with van der Waals surface area (Å²) in [6, 6.07) is 3.95. The average molecular weight is 366 g/mol. The van der Waals surface area contributed by atoms with Crippen LogP contribution in [-0.2, 0) is 35.7 Å². The van der Waals surface area contributed by atoms with Crippen molar-refractivity contribution in [2.24, 2.45) is 0 Å². The Morgan fingerprint density at radius 1 is 1.32 bits per heavy atom. The van der Waals surface area contributed by atoms with Crippen LogP contribution in [0.3, 0.4) is 0 Å². The lowest BCUT2D eigenvalue weighted by Gasteiger charge is -2.18. The van der Waals surface area contributed by atoms with E-state index in [-0.39, 0.29) is 6.10 Å². The molecule has 0 N–H and O–H groups in total. The highest BCUT2D eigenvalue weighted by Crippen LogP contribution is 2.21. The lowest BCUT2D eigenvalue weighted by atomic mass is 10.2. The van der Waals surface area contributed by atoms with Gasteiger partial charge in [0.2, 0.25) is 0 Å². The van der Waals surface area contributed by atoms with Gasteiger partial charge >= 0.3 is 0 Å². The van der Waals surface area contributed by atoms with Crippen LogP contribution in [0, 0.1) is 0 Å². The molecule has 25 heavy (non-hydrogen) atoms. The number of nitrogens with zero attached hydrogens (tertiary/aromatic N) is 4. The van der Waals surface area contributed by atoms with Gasteiger partial charge in [-0.3, -0.25) is 4.90 Å². The molecule has 0 spiro atoms. The molecule has 1 saturated heterocycles. The van der Waals surface area contributed by atoms with Crippen LogP contribution < -0.4 is 0 Å². The maximum absolute atomic E-state index is 5.78. The quantitative estimate of drug-likeness (QED) is 0.632. The summed E-state index contributed by atoms with van der Waals surface area (Å²) < 4.78 is 18.8. The molecular weight excluding hydrogens is 340 g/mol. The van der Waals surface area contributed by atoms with Crippen molar-refractivity contribution in [3.63, 3.8) is 0 Å². The maximum atomic E-state index is 5.78. The molecule has 3 heterocycles. The third-order valence-electron chi connectivity index (χ3n) is 4.23. The zero-order valence-electron chi connectivity index (χ0n) is 15.1. The van der Waals surface area contributed by atoms with Gasteiger partial charge in [-0.1, -0.05) is 11.8 Å². The van der Waals surface area contributed by atoms with Gasteiger partial charge in [0.15, 0.2) is 5.16 Å². The number of methoxy groups -OCH3 is 1. The topological polar surface area (TPSA) is 65.5 Å². The zero-order valence-corrected chi connectivity index (χ0v) is 15.9. The second-order valence-electron chi connectivity index (χ2n) is 6.32. The highest BCUT2D eigenvalue weighted by molar-refractivity contribution is 7.98. The predicted octanol–water partition coefficient (Wildman–Crippen LogP) is 2.55. The molecule has 8 heteroatoms. The van der Waals surface area contributed by atoms with Crippen LogP contribution in [0.15, 0.2) is 21.7 Å². The van der Waals surface area contributed by atoms with Gasteiger partial charge in [-0.2, -0.15) is 0 Å². The number of thioether (sulfide) groups is 1. The summed E-state index contributed by atoms with van der Waals surface area (Å²) in [5.74, 6) is 2.73. The number of rotatable bonds is 9. The van der Waals surface area contributed by atoms with E-state index < -0.39 is 0 Å². The molecule has 1 unspecified atom stereocenters. The van der Waals surface area contributed by atoms with Gasteiger partial charge in [-0.05, 0) is 38.3 Å². The maximum Gasteiger partial charge on any atom is 0.191 e. The Hall–Kier alpha value is -1.35. The lowest BCUT2D eigenvalue weighted by molar-refractivity contribution is 0.0933. The summed E-state index contributed by atoms with van der Waals surface area (Å²) in [6.07, 6.45) is 4.55. The zero-order chi connectivity index (χ0) is 17.6. The molecule has 2 aromatic heterocycles. The normalized spacial score (nSPS) is 17.7. The lowest BCUT2D eigenvalue weighted by Crippen LogP contribution is -2.23. The largest absolute Gasteiger partial charge is 0.462 e. The Morgan fingerprint density at radius 3 is 2.88 bits per heavy atom. The minimum atomic E-state index is 0.271. The minimum absolute atomic E-state index is 0.271. The van der Waals surface area contributed by atoms with Crippen molar-refractivity contribution in [3.05, 3.63) is 29.5 Å². The molecule has 0 aliphatic carbocycles. The Balaban J connectivity index is 1.63. The first-order valence-electron chi connectivity index (χ1n) is 8.52. The van der Waals surface area contributed by atoms with Gasteiger partial charge in [0.25, 0.3) is 0 Å². The van der Waals surface area contributed by atoms with Crippen LogP contribution in [0.5, 0.6) is 0 Å². The fraction of sp³-hybridized carbons (Fsp3) is 0.647. The first-order chi connectivity index (χ1) is 12.2. The molecule has 0 amide bonds. The molecule has 0 saturated carbocycles. The molecule has 1 atom stereocenters. The first kappa shape index (κ1) is 18.4. The van der Waals surface area contributed by atoms with E-state index in [0.29, 0.717) is 19.7 Å². The smallest absolute Gasteiger partial charge is 0.191 e. The SMILES string of the molecule is COCc1ccc(CN(C)Cc2nnc(SC)n2CC2CCCO2)o1. The van der Waals surface area contributed by atoms with E-state index in [0.717, 1.165) is 48.5 Å². The van der Waals surface area contributed by atoms with E-state index in [1.165, 1.54) is 0 Å². The molecule has 1 fully saturated rings. The first-order valence-corrected chi connectivity index (χ1v) is 9.74. The van der Waals surface area contributed by atoms with Crippen LogP contribution in [0.4, 0.5) is 0 Å². The molecule has 0 bridgehead atoms. The van der Waals surface area contributed by atoms with E-state index in [2.05, 4.69) is 26.7 Å². The van der Waals surface area contributed by atoms with E-state index in [9.17, 15) is 0 Å². The number of hydrogen-bond donors (Lipinski definition) is 0. The highest BCUT2D eigenvalue weighted by Gasteiger charge is 2.21. The van der Waals surface area contributed by atoms with Crippen molar-refractivity contribution in [3.8, 4) is 0 Å². The summed E-state index contributed by atoms with van der Waals surface area (Å²) in [4.78, 5) is 2.18. The van der Waals surface area contributed by atoms with Crippen LogP contribution in [-0.4, -0.2) is 52.8 Å². The standard InChI is InChI=1S/C17H26N4O3S/c1-20(9-14-6-7-15(24-14)12-22-2)11-16-18-19-17(25-3)21(16)10-13-5-4-8-23-13/h6-7,13H,4-5,8-12H2,1-3H3. The number of hydrogen-bond acceptors (Lipinski definition) is 7. The second-order valence-corrected chi connectivity index (χ2v) is 7.10.